The van der Waals surface area contributed by atoms with Crippen LogP contribution in [0.2, 0.25) is 0 Å². The van der Waals surface area contributed by atoms with Crippen molar-refractivity contribution in [2.45, 2.75) is 26.3 Å². The zero-order chi connectivity index (χ0) is 14.3. The van der Waals surface area contributed by atoms with Crippen LogP contribution in [0, 0.1) is 13.8 Å². The monoisotopic (exact) mass is 265 g/mol. The van der Waals surface area contributed by atoms with Gasteiger partial charge in [-0.25, -0.2) is 4.98 Å². The van der Waals surface area contributed by atoms with Crippen LogP contribution < -0.4 is 5.73 Å². The van der Waals surface area contributed by atoms with Crippen molar-refractivity contribution in [3.63, 3.8) is 0 Å². The number of aromatic nitrogens is 2. The van der Waals surface area contributed by atoms with E-state index < -0.39 is 5.54 Å². The van der Waals surface area contributed by atoms with Crippen LogP contribution >= 0.6 is 0 Å². The first kappa shape index (κ1) is 12.9. The molecule has 0 radical (unpaired) electrons. The molecule has 0 aliphatic carbocycles. The zero-order valence-electron chi connectivity index (χ0n) is 12.1. The molecule has 0 spiro atoms. The number of H-pyrrole nitrogens is 1. The van der Waals surface area contributed by atoms with Crippen molar-refractivity contribution in [2.75, 3.05) is 0 Å². The van der Waals surface area contributed by atoms with E-state index in [4.69, 9.17) is 10.7 Å². The molecule has 0 saturated carbocycles. The van der Waals surface area contributed by atoms with E-state index in [2.05, 4.69) is 31.0 Å². The summed E-state index contributed by atoms with van der Waals surface area (Å²) in [7, 11) is 0. The average molecular weight is 265 g/mol. The van der Waals surface area contributed by atoms with Gasteiger partial charge in [-0.15, -0.1) is 0 Å². The first-order chi connectivity index (χ1) is 9.48. The predicted octanol–water partition coefficient (Wildman–Crippen LogP) is 3.40. The zero-order valence-corrected chi connectivity index (χ0v) is 12.1. The number of nitrogens with zero attached hydrogens (tertiary/aromatic N) is 1. The highest BCUT2D eigenvalue weighted by atomic mass is 15.0. The van der Waals surface area contributed by atoms with Crippen molar-refractivity contribution in [3.8, 4) is 0 Å². The van der Waals surface area contributed by atoms with Crippen molar-refractivity contribution >= 4 is 11.0 Å². The van der Waals surface area contributed by atoms with E-state index in [9.17, 15) is 0 Å². The Bertz CT molecular complexity index is 755. The van der Waals surface area contributed by atoms with Gasteiger partial charge >= 0.3 is 0 Å². The van der Waals surface area contributed by atoms with Gasteiger partial charge in [0.15, 0.2) is 0 Å². The molecule has 0 bridgehead atoms. The third kappa shape index (κ3) is 2.00. The lowest BCUT2D eigenvalue weighted by Crippen LogP contribution is -2.35. The summed E-state index contributed by atoms with van der Waals surface area (Å²) in [5, 5.41) is 0. The fourth-order valence-corrected chi connectivity index (χ4v) is 2.64. The van der Waals surface area contributed by atoms with Gasteiger partial charge in [-0.3, -0.25) is 0 Å². The van der Waals surface area contributed by atoms with Crippen LogP contribution in [0.5, 0.6) is 0 Å². The summed E-state index contributed by atoms with van der Waals surface area (Å²) in [6.07, 6.45) is 0. The summed E-state index contributed by atoms with van der Waals surface area (Å²) in [4.78, 5) is 8.10. The van der Waals surface area contributed by atoms with E-state index in [-0.39, 0.29) is 0 Å². The minimum atomic E-state index is -0.624. The third-order valence-corrected chi connectivity index (χ3v) is 3.79. The van der Waals surface area contributed by atoms with Crippen LogP contribution in [-0.2, 0) is 5.54 Å². The first-order valence-electron chi connectivity index (χ1n) is 6.80. The molecule has 2 aromatic carbocycles. The Morgan fingerprint density at radius 2 is 1.80 bits per heavy atom. The normalized spacial score (nSPS) is 14.4. The molecule has 3 heteroatoms. The standard InChI is InChI=1S/C17H19N3/c1-11-9-12(2)15-14(10-11)19-16(20-15)17(3,18)13-7-5-4-6-8-13/h4-10H,18H2,1-3H3,(H,19,20). The molecule has 1 atom stereocenters. The number of imidazole rings is 1. The number of hydrogen-bond acceptors (Lipinski definition) is 2. The Kier molecular flexibility index (Phi) is 2.87. The highest BCUT2D eigenvalue weighted by Crippen LogP contribution is 2.27. The van der Waals surface area contributed by atoms with Crippen molar-refractivity contribution < 1.29 is 0 Å². The lowest BCUT2D eigenvalue weighted by molar-refractivity contribution is 0.567. The Balaban J connectivity index is 2.17. The van der Waals surface area contributed by atoms with Crippen LogP contribution in [-0.4, -0.2) is 9.97 Å². The van der Waals surface area contributed by atoms with E-state index >= 15 is 0 Å². The van der Waals surface area contributed by atoms with Gasteiger partial charge in [-0.05, 0) is 43.5 Å². The van der Waals surface area contributed by atoms with Crippen LogP contribution in [0.1, 0.15) is 29.4 Å². The number of aryl methyl sites for hydroxylation is 2. The fraction of sp³-hybridized carbons (Fsp3) is 0.235. The van der Waals surface area contributed by atoms with Gasteiger partial charge in [0.05, 0.1) is 16.6 Å². The Morgan fingerprint density at radius 1 is 1.10 bits per heavy atom. The minimum Gasteiger partial charge on any atom is -0.340 e. The van der Waals surface area contributed by atoms with E-state index in [0.717, 1.165) is 22.4 Å². The Morgan fingerprint density at radius 3 is 2.50 bits per heavy atom. The molecule has 1 unspecified atom stereocenters. The van der Waals surface area contributed by atoms with Gasteiger partial charge < -0.3 is 10.7 Å². The summed E-state index contributed by atoms with van der Waals surface area (Å²) < 4.78 is 0. The van der Waals surface area contributed by atoms with Gasteiger partial charge in [0.1, 0.15) is 5.82 Å². The van der Waals surface area contributed by atoms with Gasteiger partial charge in [0.2, 0.25) is 0 Å². The van der Waals surface area contributed by atoms with Crippen LogP contribution in [0.4, 0.5) is 0 Å². The summed E-state index contributed by atoms with van der Waals surface area (Å²) in [6.45, 7) is 6.16. The second kappa shape index (κ2) is 4.46. The van der Waals surface area contributed by atoms with E-state index in [0.29, 0.717) is 0 Å². The topological polar surface area (TPSA) is 54.7 Å². The SMILES string of the molecule is Cc1cc(C)c2nc(C(C)(N)c3ccccc3)[nH]c2c1. The predicted molar refractivity (Wildman–Crippen MR) is 82.7 cm³/mol. The second-order valence-electron chi connectivity index (χ2n) is 5.63. The molecule has 0 amide bonds. The van der Waals surface area contributed by atoms with Crippen molar-refractivity contribution in [1.29, 1.82) is 0 Å². The van der Waals surface area contributed by atoms with Gasteiger partial charge in [0, 0.05) is 0 Å². The van der Waals surface area contributed by atoms with E-state index in [1.165, 1.54) is 11.1 Å². The lowest BCUT2D eigenvalue weighted by Gasteiger charge is -2.22. The maximum absolute atomic E-state index is 6.52. The number of nitrogens with two attached hydrogens (primary N) is 1. The molecular formula is C17H19N3. The summed E-state index contributed by atoms with van der Waals surface area (Å²) in [6, 6.07) is 14.3. The number of nitrogens with one attached hydrogen (secondary N) is 1. The maximum Gasteiger partial charge on any atom is 0.131 e. The average Bonchev–Trinajstić information content (AvgIpc) is 2.84. The molecule has 102 valence electrons. The third-order valence-electron chi connectivity index (χ3n) is 3.79. The van der Waals surface area contributed by atoms with Crippen LogP contribution in [0.25, 0.3) is 11.0 Å². The highest BCUT2D eigenvalue weighted by molar-refractivity contribution is 5.79. The summed E-state index contributed by atoms with van der Waals surface area (Å²) >= 11 is 0. The Hall–Kier alpha value is -2.13. The molecule has 1 heterocycles. The smallest absolute Gasteiger partial charge is 0.131 e. The van der Waals surface area contributed by atoms with Crippen molar-refractivity contribution in [2.24, 2.45) is 5.73 Å². The summed E-state index contributed by atoms with van der Waals surface area (Å²) in [5.41, 5.74) is 11.4. The number of rotatable bonds is 2. The molecule has 20 heavy (non-hydrogen) atoms. The largest absolute Gasteiger partial charge is 0.340 e. The lowest BCUT2D eigenvalue weighted by atomic mass is 9.92. The molecule has 0 aliphatic rings. The van der Waals surface area contributed by atoms with Gasteiger partial charge in [-0.2, -0.15) is 0 Å². The number of hydrogen-bond donors (Lipinski definition) is 2. The van der Waals surface area contributed by atoms with Gasteiger partial charge in [0.25, 0.3) is 0 Å². The van der Waals surface area contributed by atoms with Crippen LogP contribution in [0.15, 0.2) is 42.5 Å². The van der Waals surface area contributed by atoms with E-state index in [1.807, 2.05) is 37.3 Å². The second-order valence-corrected chi connectivity index (χ2v) is 5.63. The number of fused-ring (bicyclic) bond motifs is 1. The molecule has 3 rings (SSSR count). The molecule has 0 aliphatic heterocycles. The minimum absolute atomic E-state index is 0.624. The fourth-order valence-electron chi connectivity index (χ4n) is 2.64. The molecular weight excluding hydrogens is 246 g/mol. The molecule has 3 aromatic rings. The van der Waals surface area contributed by atoms with Crippen molar-refractivity contribution in [1.82, 2.24) is 9.97 Å². The Labute approximate surface area is 118 Å². The molecule has 3 N–H and O–H groups in total. The highest BCUT2D eigenvalue weighted by Gasteiger charge is 2.27. The number of benzene rings is 2. The van der Waals surface area contributed by atoms with E-state index in [1.54, 1.807) is 0 Å². The molecule has 1 aromatic heterocycles. The molecule has 0 fully saturated rings. The molecule has 0 saturated heterocycles. The van der Waals surface area contributed by atoms with Crippen molar-refractivity contribution in [3.05, 3.63) is 65.0 Å². The maximum atomic E-state index is 6.52. The number of aromatic amines is 1. The summed E-state index contributed by atoms with van der Waals surface area (Å²) in [5.74, 6) is 0.799. The van der Waals surface area contributed by atoms with Gasteiger partial charge in [-0.1, -0.05) is 36.4 Å². The quantitative estimate of drug-likeness (QED) is 0.746. The van der Waals surface area contributed by atoms with Crippen LogP contribution in [0.3, 0.4) is 0 Å². The molecule has 3 nitrogen and oxygen atoms in total. The first-order valence-corrected chi connectivity index (χ1v) is 6.80.